The van der Waals surface area contributed by atoms with Crippen molar-refractivity contribution in [3.8, 4) is 0 Å². The highest BCUT2D eigenvalue weighted by molar-refractivity contribution is 7.48. The zero-order valence-electron chi connectivity index (χ0n) is 9.23. The molecule has 0 saturated carbocycles. The van der Waals surface area contributed by atoms with E-state index in [4.69, 9.17) is 13.6 Å². The van der Waals surface area contributed by atoms with Crippen LogP contribution in [0.15, 0.2) is 0 Å². The summed E-state index contributed by atoms with van der Waals surface area (Å²) < 4.78 is 27.5. The van der Waals surface area contributed by atoms with Gasteiger partial charge in [0.2, 0.25) is 0 Å². The number of hydrogen-bond acceptors (Lipinski definition) is 4. The first-order valence-corrected chi connectivity index (χ1v) is 6.49. The van der Waals surface area contributed by atoms with E-state index in [1.165, 1.54) is 0 Å². The van der Waals surface area contributed by atoms with Crippen LogP contribution >= 0.6 is 7.82 Å². The van der Waals surface area contributed by atoms with Gasteiger partial charge in [-0.1, -0.05) is 13.8 Å². The molecule has 84 valence electrons. The van der Waals surface area contributed by atoms with Gasteiger partial charge < -0.3 is 0 Å². The summed E-state index contributed by atoms with van der Waals surface area (Å²) in [6, 6.07) is 0. The molecule has 14 heavy (non-hydrogen) atoms. The van der Waals surface area contributed by atoms with Gasteiger partial charge in [0.25, 0.3) is 0 Å². The van der Waals surface area contributed by atoms with Crippen molar-refractivity contribution in [1.29, 1.82) is 0 Å². The third-order valence-electron chi connectivity index (χ3n) is 1.85. The van der Waals surface area contributed by atoms with Crippen LogP contribution in [0.4, 0.5) is 0 Å². The maximum atomic E-state index is 11.9. The van der Waals surface area contributed by atoms with Crippen LogP contribution in [0.5, 0.6) is 0 Å². The molecular weight excluding hydrogens is 203 g/mol. The number of hydrogen-bond donors (Lipinski definition) is 0. The van der Waals surface area contributed by atoms with Gasteiger partial charge >= 0.3 is 7.82 Å². The molecule has 1 saturated heterocycles. The van der Waals surface area contributed by atoms with Gasteiger partial charge in [0.05, 0.1) is 18.8 Å². The fourth-order valence-corrected chi connectivity index (χ4v) is 3.03. The smallest absolute Gasteiger partial charge is 0.287 e. The summed E-state index contributed by atoms with van der Waals surface area (Å²) in [6.45, 7) is 8.14. The van der Waals surface area contributed by atoms with Crippen molar-refractivity contribution in [2.24, 2.45) is 5.92 Å². The van der Waals surface area contributed by atoms with E-state index in [1.807, 2.05) is 27.7 Å². The summed E-state index contributed by atoms with van der Waals surface area (Å²) in [5, 5.41) is 0. The Labute approximate surface area is 85.5 Å². The van der Waals surface area contributed by atoms with Crippen molar-refractivity contribution in [3.63, 3.8) is 0 Å². The van der Waals surface area contributed by atoms with Crippen LogP contribution in [0.1, 0.15) is 34.1 Å². The van der Waals surface area contributed by atoms with Crippen LogP contribution in [0.25, 0.3) is 0 Å². The van der Waals surface area contributed by atoms with E-state index in [0.717, 1.165) is 6.42 Å². The van der Waals surface area contributed by atoms with Gasteiger partial charge in [-0.25, -0.2) is 4.57 Å². The number of phosphoric acid groups is 1. The normalized spacial score (nSPS) is 38.9. The first-order valence-electron chi connectivity index (χ1n) is 5.02. The molecule has 1 aliphatic rings. The lowest BCUT2D eigenvalue weighted by molar-refractivity contribution is -0.000304. The molecule has 0 N–H and O–H groups in total. The van der Waals surface area contributed by atoms with Gasteiger partial charge in [0, 0.05) is 6.42 Å². The SMILES string of the molecule is CC(C)COP1(=O)OC(C)CC(C)O1. The highest BCUT2D eigenvalue weighted by atomic mass is 31.2. The van der Waals surface area contributed by atoms with E-state index >= 15 is 0 Å². The average molecular weight is 222 g/mol. The molecule has 0 aromatic heterocycles. The molecule has 5 heteroatoms. The molecule has 0 aromatic rings. The zero-order valence-corrected chi connectivity index (χ0v) is 10.1. The zero-order chi connectivity index (χ0) is 10.8. The van der Waals surface area contributed by atoms with Crippen molar-refractivity contribution in [3.05, 3.63) is 0 Å². The summed E-state index contributed by atoms with van der Waals surface area (Å²) in [7, 11) is -3.28. The quantitative estimate of drug-likeness (QED) is 0.688. The minimum absolute atomic E-state index is 0.0586. The number of phosphoric ester groups is 1. The van der Waals surface area contributed by atoms with E-state index in [9.17, 15) is 4.57 Å². The molecular formula is C9H19O4P. The first kappa shape index (κ1) is 12.2. The maximum Gasteiger partial charge on any atom is 0.475 e. The molecule has 0 aromatic carbocycles. The second-order valence-corrected chi connectivity index (χ2v) is 5.78. The minimum atomic E-state index is -3.28. The molecule has 0 aliphatic carbocycles. The van der Waals surface area contributed by atoms with Gasteiger partial charge in [-0.05, 0) is 19.8 Å². The molecule has 1 aliphatic heterocycles. The largest absolute Gasteiger partial charge is 0.475 e. The Kier molecular flexibility index (Phi) is 4.14. The van der Waals surface area contributed by atoms with E-state index in [1.54, 1.807) is 0 Å². The monoisotopic (exact) mass is 222 g/mol. The lowest BCUT2D eigenvalue weighted by Gasteiger charge is -2.31. The van der Waals surface area contributed by atoms with Crippen molar-refractivity contribution in [2.75, 3.05) is 6.61 Å². The summed E-state index contributed by atoms with van der Waals surface area (Å²) in [5.74, 6) is 0.320. The summed E-state index contributed by atoms with van der Waals surface area (Å²) in [4.78, 5) is 0. The van der Waals surface area contributed by atoms with E-state index in [2.05, 4.69) is 0 Å². The molecule has 0 spiro atoms. The van der Waals surface area contributed by atoms with Gasteiger partial charge in [0.1, 0.15) is 0 Å². The maximum absolute atomic E-state index is 11.9. The van der Waals surface area contributed by atoms with Crippen LogP contribution in [0.3, 0.4) is 0 Å². The molecule has 4 nitrogen and oxygen atoms in total. The van der Waals surface area contributed by atoms with Gasteiger partial charge in [0.15, 0.2) is 0 Å². The van der Waals surface area contributed by atoms with Crippen molar-refractivity contribution < 1.29 is 18.1 Å². The summed E-state index contributed by atoms with van der Waals surface area (Å²) in [5.41, 5.74) is 0. The van der Waals surface area contributed by atoms with Gasteiger partial charge in [-0.2, -0.15) is 0 Å². The van der Waals surface area contributed by atoms with Crippen LogP contribution in [-0.2, 0) is 18.1 Å². The molecule has 0 amide bonds. The Morgan fingerprint density at radius 2 is 1.86 bits per heavy atom. The van der Waals surface area contributed by atoms with Crippen LogP contribution in [0.2, 0.25) is 0 Å². The average Bonchev–Trinajstić information content (AvgIpc) is 1.98. The van der Waals surface area contributed by atoms with Gasteiger partial charge in [-0.3, -0.25) is 13.6 Å². The van der Waals surface area contributed by atoms with Crippen molar-refractivity contribution >= 4 is 7.82 Å². The third kappa shape index (κ3) is 3.70. The first-order chi connectivity index (χ1) is 6.41. The molecule has 1 heterocycles. The predicted molar refractivity (Wildman–Crippen MR) is 54.1 cm³/mol. The Morgan fingerprint density at radius 1 is 1.36 bits per heavy atom. The fourth-order valence-electron chi connectivity index (χ4n) is 1.32. The van der Waals surface area contributed by atoms with E-state index in [-0.39, 0.29) is 12.2 Å². The Bertz CT molecular complexity index is 215. The molecule has 0 bridgehead atoms. The second kappa shape index (κ2) is 4.75. The minimum Gasteiger partial charge on any atom is -0.287 e. The topological polar surface area (TPSA) is 44.8 Å². The predicted octanol–water partition coefficient (Wildman–Crippen LogP) is 2.98. The van der Waals surface area contributed by atoms with Crippen LogP contribution in [-0.4, -0.2) is 18.8 Å². The molecule has 0 radical (unpaired) electrons. The fraction of sp³-hybridized carbons (Fsp3) is 1.00. The highest BCUT2D eigenvalue weighted by Gasteiger charge is 2.37. The van der Waals surface area contributed by atoms with Crippen LogP contribution in [0, 0.1) is 5.92 Å². The second-order valence-electron chi connectivity index (χ2n) is 4.20. The third-order valence-corrected chi connectivity index (χ3v) is 3.55. The summed E-state index contributed by atoms with van der Waals surface area (Å²) >= 11 is 0. The Balaban J connectivity index is 2.50. The van der Waals surface area contributed by atoms with Gasteiger partial charge in [-0.15, -0.1) is 0 Å². The molecule has 2 unspecified atom stereocenters. The lowest BCUT2D eigenvalue weighted by atomic mass is 10.2. The molecule has 1 rings (SSSR count). The number of rotatable bonds is 3. The molecule has 1 fully saturated rings. The van der Waals surface area contributed by atoms with Crippen molar-refractivity contribution in [2.45, 2.75) is 46.3 Å². The van der Waals surface area contributed by atoms with E-state index < -0.39 is 7.82 Å². The highest BCUT2D eigenvalue weighted by Crippen LogP contribution is 2.55. The van der Waals surface area contributed by atoms with Crippen molar-refractivity contribution in [1.82, 2.24) is 0 Å². The van der Waals surface area contributed by atoms with Crippen LogP contribution < -0.4 is 0 Å². The standard InChI is InChI=1S/C9H19O4P/c1-7(2)6-11-14(10)12-8(3)5-9(4)13-14/h7-9H,5-6H2,1-4H3. The lowest BCUT2D eigenvalue weighted by Crippen LogP contribution is -2.25. The summed E-state index contributed by atoms with van der Waals surface area (Å²) in [6.07, 6.45) is 0.642. The Morgan fingerprint density at radius 3 is 2.29 bits per heavy atom. The molecule has 2 atom stereocenters. The van der Waals surface area contributed by atoms with E-state index in [0.29, 0.717) is 12.5 Å². The Hall–Kier alpha value is 0.110.